The third kappa shape index (κ3) is 2.91. The van der Waals surface area contributed by atoms with E-state index in [0.717, 1.165) is 0 Å². The summed E-state index contributed by atoms with van der Waals surface area (Å²) in [5.74, 6) is -2.16. The predicted molar refractivity (Wildman–Crippen MR) is 55.0 cm³/mol. The second-order valence-corrected chi connectivity index (χ2v) is 2.71. The van der Waals surface area contributed by atoms with Gasteiger partial charge in [0.15, 0.2) is 11.7 Å². The van der Waals surface area contributed by atoms with Gasteiger partial charge in [-0.1, -0.05) is 18.2 Å². The van der Waals surface area contributed by atoms with Crippen LogP contribution in [0.1, 0.15) is 10.4 Å². The van der Waals surface area contributed by atoms with Gasteiger partial charge in [-0.2, -0.15) is 0 Å². The van der Waals surface area contributed by atoms with Crippen LogP contribution in [0.15, 0.2) is 42.4 Å². The average Bonchev–Trinajstić information content (AvgIpc) is 2.29. The number of halogens is 1. The second kappa shape index (κ2) is 4.90. The number of carbonyl (C=O) groups excluding carboxylic acids is 1. The van der Waals surface area contributed by atoms with E-state index in [4.69, 9.17) is 11.1 Å². The molecular weight excluding hydrogens is 197 g/mol. The van der Waals surface area contributed by atoms with Gasteiger partial charge in [0.2, 0.25) is 0 Å². The van der Waals surface area contributed by atoms with Crippen molar-refractivity contribution in [1.29, 1.82) is 5.41 Å². The lowest BCUT2D eigenvalue weighted by Gasteiger charge is -2.03. The molecule has 1 amide bonds. The van der Waals surface area contributed by atoms with Gasteiger partial charge < -0.3 is 11.1 Å². The number of nitrogens with one attached hydrogen (secondary N) is 2. The zero-order chi connectivity index (χ0) is 11.3. The summed E-state index contributed by atoms with van der Waals surface area (Å²) in [5.41, 5.74) is 5.21. The van der Waals surface area contributed by atoms with Gasteiger partial charge in [-0.25, -0.2) is 4.39 Å². The van der Waals surface area contributed by atoms with Crippen molar-refractivity contribution in [1.82, 2.24) is 5.32 Å². The number of carbonyl (C=O) groups is 1. The highest BCUT2D eigenvalue weighted by Crippen LogP contribution is 1.99. The van der Waals surface area contributed by atoms with Gasteiger partial charge >= 0.3 is 0 Å². The van der Waals surface area contributed by atoms with Crippen LogP contribution in [-0.2, 0) is 0 Å². The first kappa shape index (κ1) is 10.9. The monoisotopic (exact) mass is 207 g/mol. The molecule has 0 unspecified atom stereocenters. The summed E-state index contributed by atoms with van der Waals surface area (Å²) in [7, 11) is 0. The van der Waals surface area contributed by atoms with Crippen LogP contribution in [0.3, 0.4) is 0 Å². The van der Waals surface area contributed by atoms with Crippen molar-refractivity contribution in [3.8, 4) is 0 Å². The van der Waals surface area contributed by atoms with Crippen LogP contribution in [0.25, 0.3) is 0 Å². The van der Waals surface area contributed by atoms with Crippen LogP contribution >= 0.6 is 0 Å². The van der Waals surface area contributed by atoms with E-state index < -0.39 is 17.6 Å². The maximum Gasteiger partial charge on any atom is 0.256 e. The Hall–Kier alpha value is -2.17. The molecule has 0 aliphatic rings. The summed E-state index contributed by atoms with van der Waals surface area (Å²) in [6, 6.07) is 8.23. The summed E-state index contributed by atoms with van der Waals surface area (Å²) >= 11 is 0. The van der Waals surface area contributed by atoms with Gasteiger partial charge in [-0.05, 0) is 12.1 Å². The van der Waals surface area contributed by atoms with Crippen molar-refractivity contribution in [3.63, 3.8) is 0 Å². The molecule has 0 saturated carbocycles. The molecular formula is C10H10FN3O. The number of nitrogens with two attached hydrogens (primary N) is 1. The summed E-state index contributed by atoms with van der Waals surface area (Å²) in [6.45, 7) is 0. The summed E-state index contributed by atoms with van der Waals surface area (Å²) in [5, 5.41) is 9.19. The standard InChI is InChI=1S/C10H10FN3O/c11-8(6-12)9(13)14-10(15)7-4-2-1-3-5-7/h1-6H,12H2,(H2,13,14,15). The Bertz CT molecular complexity index is 400. The molecule has 0 radical (unpaired) electrons. The summed E-state index contributed by atoms with van der Waals surface area (Å²) < 4.78 is 12.7. The molecule has 0 saturated heterocycles. The fourth-order valence-electron chi connectivity index (χ4n) is 0.918. The summed E-state index contributed by atoms with van der Waals surface area (Å²) in [4.78, 5) is 11.4. The number of hydrogen-bond donors (Lipinski definition) is 3. The normalized spacial score (nSPS) is 10.9. The molecule has 78 valence electrons. The third-order valence-electron chi connectivity index (χ3n) is 1.66. The molecule has 4 N–H and O–H groups in total. The number of rotatable bonds is 2. The van der Waals surface area contributed by atoms with Crippen molar-refractivity contribution >= 4 is 11.7 Å². The largest absolute Gasteiger partial charge is 0.402 e. The Balaban J connectivity index is 2.69. The minimum Gasteiger partial charge on any atom is -0.402 e. The first-order chi connectivity index (χ1) is 7.15. The first-order valence-corrected chi connectivity index (χ1v) is 4.18. The van der Waals surface area contributed by atoms with E-state index in [9.17, 15) is 9.18 Å². The molecule has 0 fully saturated rings. The lowest BCUT2D eigenvalue weighted by atomic mass is 10.2. The lowest BCUT2D eigenvalue weighted by molar-refractivity contribution is 0.0976. The van der Waals surface area contributed by atoms with E-state index in [1.807, 2.05) is 0 Å². The van der Waals surface area contributed by atoms with Crippen molar-refractivity contribution < 1.29 is 9.18 Å². The molecule has 0 atom stereocenters. The quantitative estimate of drug-likeness (QED) is 0.502. The number of amidine groups is 1. The number of benzene rings is 1. The Kier molecular flexibility index (Phi) is 3.56. The number of amides is 1. The van der Waals surface area contributed by atoms with Crippen LogP contribution in [0.5, 0.6) is 0 Å². The average molecular weight is 207 g/mol. The fraction of sp³-hybridized carbons (Fsp3) is 0. The van der Waals surface area contributed by atoms with Gasteiger partial charge in [0.25, 0.3) is 5.91 Å². The van der Waals surface area contributed by atoms with E-state index in [-0.39, 0.29) is 0 Å². The topological polar surface area (TPSA) is 79.0 Å². The molecule has 0 spiro atoms. The Labute approximate surface area is 86.1 Å². The zero-order valence-corrected chi connectivity index (χ0v) is 7.83. The van der Waals surface area contributed by atoms with E-state index >= 15 is 0 Å². The lowest BCUT2D eigenvalue weighted by Crippen LogP contribution is -2.30. The first-order valence-electron chi connectivity index (χ1n) is 4.18. The minimum absolute atomic E-state index is 0.354. The van der Waals surface area contributed by atoms with Crippen molar-refractivity contribution in [2.75, 3.05) is 0 Å². The molecule has 0 aromatic heterocycles. The molecule has 4 nitrogen and oxygen atoms in total. The van der Waals surface area contributed by atoms with Crippen LogP contribution in [0, 0.1) is 5.41 Å². The molecule has 1 aromatic rings. The molecule has 1 aromatic carbocycles. The van der Waals surface area contributed by atoms with Gasteiger partial charge in [0, 0.05) is 11.8 Å². The van der Waals surface area contributed by atoms with E-state index in [0.29, 0.717) is 11.8 Å². The maximum atomic E-state index is 12.7. The predicted octanol–water partition coefficient (Wildman–Crippen LogP) is 1.16. The molecule has 1 rings (SSSR count). The van der Waals surface area contributed by atoms with Crippen molar-refractivity contribution in [3.05, 3.63) is 47.9 Å². The molecule has 0 heterocycles. The highest BCUT2D eigenvalue weighted by Gasteiger charge is 2.09. The zero-order valence-electron chi connectivity index (χ0n) is 7.83. The van der Waals surface area contributed by atoms with E-state index in [1.165, 1.54) is 0 Å². The highest BCUT2D eigenvalue weighted by atomic mass is 19.1. The summed E-state index contributed by atoms with van der Waals surface area (Å²) in [6.07, 6.45) is 0.619. The van der Waals surface area contributed by atoms with E-state index in [1.54, 1.807) is 30.3 Å². The van der Waals surface area contributed by atoms with Crippen molar-refractivity contribution in [2.24, 2.45) is 5.73 Å². The minimum atomic E-state index is -0.973. The Morgan fingerprint density at radius 3 is 2.53 bits per heavy atom. The van der Waals surface area contributed by atoms with Gasteiger partial charge in [0.1, 0.15) is 0 Å². The SMILES string of the molecule is N=C(NC(=O)c1ccccc1)C(F)=CN. The molecule has 0 aliphatic carbocycles. The van der Waals surface area contributed by atoms with Gasteiger partial charge in [-0.15, -0.1) is 0 Å². The second-order valence-electron chi connectivity index (χ2n) is 2.71. The molecule has 0 bridgehead atoms. The fourth-order valence-corrected chi connectivity index (χ4v) is 0.918. The smallest absolute Gasteiger partial charge is 0.256 e. The van der Waals surface area contributed by atoms with Crippen LogP contribution in [-0.4, -0.2) is 11.7 Å². The van der Waals surface area contributed by atoms with Crippen LogP contribution in [0.4, 0.5) is 4.39 Å². The maximum absolute atomic E-state index is 12.7. The Morgan fingerprint density at radius 1 is 1.40 bits per heavy atom. The highest BCUT2D eigenvalue weighted by molar-refractivity contribution is 6.10. The molecule has 0 aliphatic heterocycles. The third-order valence-corrected chi connectivity index (χ3v) is 1.66. The molecule has 5 heteroatoms. The van der Waals surface area contributed by atoms with Crippen LogP contribution < -0.4 is 11.1 Å². The van der Waals surface area contributed by atoms with Gasteiger partial charge in [-0.3, -0.25) is 10.2 Å². The van der Waals surface area contributed by atoms with Gasteiger partial charge in [0.05, 0.1) is 0 Å². The number of hydrogen-bond acceptors (Lipinski definition) is 3. The molecule has 15 heavy (non-hydrogen) atoms. The van der Waals surface area contributed by atoms with Crippen molar-refractivity contribution in [2.45, 2.75) is 0 Å². The van der Waals surface area contributed by atoms with E-state index in [2.05, 4.69) is 5.32 Å². The van der Waals surface area contributed by atoms with Crippen LogP contribution in [0.2, 0.25) is 0 Å². The Morgan fingerprint density at radius 2 is 2.00 bits per heavy atom.